The molecule has 0 aromatic carbocycles. The lowest BCUT2D eigenvalue weighted by Crippen LogP contribution is -2.38. The Bertz CT molecular complexity index is 681. The van der Waals surface area contributed by atoms with Crippen LogP contribution in [0.25, 0.3) is 0 Å². The second-order valence-electron chi connectivity index (χ2n) is 6.04. The molecule has 140 valence electrons. The molecule has 0 saturated carbocycles. The number of ether oxygens (including phenoxy) is 1. The number of nitrogens with zero attached hydrogens (tertiary/aromatic N) is 3. The number of hydrogen-bond acceptors (Lipinski definition) is 5. The Morgan fingerprint density at radius 1 is 1.23 bits per heavy atom. The number of anilines is 1. The minimum Gasteiger partial charge on any atom is -0.469 e. The van der Waals surface area contributed by atoms with Gasteiger partial charge in [0.1, 0.15) is 11.6 Å². The smallest absolute Gasteiger partial charge is 0.191 e. The average Bonchev–Trinajstić information content (AvgIpc) is 3.20. The third-order valence-electron chi connectivity index (χ3n) is 4.17. The van der Waals surface area contributed by atoms with E-state index in [0.29, 0.717) is 6.54 Å². The van der Waals surface area contributed by atoms with E-state index in [0.717, 1.165) is 68.9 Å². The summed E-state index contributed by atoms with van der Waals surface area (Å²) in [7, 11) is 0. The van der Waals surface area contributed by atoms with Crippen molar-refractivity contribution in [3.05, 3.63) is 48.0 Å². The number of pyridine rings is 1. The van der Waals surface area contributed by atoms with Gasteiger partial charge in [-0.3, -0.25) is 0 Å². The summed E-state index contributed by atoms with van der Waals surface area (Å²) in [5.74, 6) is 2.78. The zero-order chi connectivity index (χ0) is 18.0. The zero-order valence-electron chi connectivity index (χ0n) is 15.3. The molecule has 1 aliphatic rings. The van der Waals surface area contributed by atoms with Gasteiger partial charge in [-0.1, -0.05) is 6.07 Å². The van der Waals surface area contributed by atoms with Gasteiger partial charge in [0.2, 0.25) is 0 Å². The SMILES string of the molecule is CCNC(=NCc1cccnc1N1CCOCC1)NCCc1ccco1. The number of hydrogen-bond donors (Lipinski definition) is 2. The van der Waals surface area contributed by atoms with E-state index in [1.54, 1.807) is 6.26 Å². The van der Waals surface area contributed by atoms with Gasteiger partial charge in [0.05, 0.1) is 26.0 Å². The molecule has 1 aliphatic heterocycles. The normalized spacial score (nSPS) is 15.1. The van der Waals surface area contributed by atoms with Crippen molar-refractivity contribution in [2.45, 2.75) is 19.9 Å². The Kier molecular flexibility index (Phi) is 6.89. The third kappa shape index (κ3) is 5.23. The van der Waals surface area contributed by atoms with Gasteiger partial charge in [-0.05, 0) is 25.1 Å². The third-order valence-corrected chi connectivity index (χ3v) is 4.17. The first kappa shape index (κ1) is 18.3. The molecule has 0 aliphatic carbocycles. The second-order valence-corrected chi connectivity index (χ2v) is 6.04. The number of guanidine groups is 1. The maximum absolute atomic E-state index is 5.44. The maximum Gasteiger partial charge on any atom is 0.191 e. The highest BCUT2D eigenvalue weighted by Gasteiger charge is 2.15. The fourth-order valence-electron chi connectivity index (χ4n) is 2.88. The van der Waals surface area contributed by atoms with Crippen LogP contribution in [-0.4, -0.2) is 50.3 Å². The van der Waals surface area contributed by atoms with Crippen LogP contribution in [0.5, 0.6) is 0 Å². The summed E-state index contributed by atoms with van der Waals surface area (Å²) in [6.07, 6.45) is 4.36. The van der Waals surface area contributed by atoms with Crippen LogP contribution in [0.2, 0.25) is 0 Å². The van der Waals surface area contributed by atoms with Crippen molar-refractivity contribution in [1.29, 1.82) is 0 Å². The Hall–Kier alpha value is -2.54. The first-order chi connectivity index (χ1) is 12.9. The van der Waals surface area contributed by atoms with E-state index < -0.39 is 0 Å². The molecule has 26 heavy (non-hydrogen) atoms. The molecular weight excluding hydrogens is 330 g/mol. The van der Waals surface area contributed by atoms with Gasteiger partial charge in [-0.25, -0.2) is 9.98 Å². The van der Waals surface area contributed by atoms with Gasteiger partial charge in [0.25, 0.3) is 0 Å². The van der Waals surface area contributed by atoms with E-state index in [2.05, 4.69) is 33.5 Å². The summed E-state index contributed by atoms with van der Waals surface area (Å²) >= 11 is 0. The fraction of sp³-hybridized carbons (Fsp3) is 0.474. The average molecular weight is 357 g/mol. The second kappa shape index (κ2) is 9.82. The summed E-state index contributed by atoms with van der Waals surface area (Å²) < 4.78 is 10.8. The molecule has 7 nitrogen and oxygen atoms in total. The van der Waals surface area contributed by atoms with Crippen molar-refractivity contribution in [2.75, 3.05) is 44.3 Å². The highest BCUT2D eigenvalue weighted by atomic mass is 16.5. The molecule has 0 spiro atoms. The Morgan fingerprint density at radius 3 is 2.88 bits per heavy atom. The summed E-state index contributed by atoms with van der Waals surface area (Å²) in [5.41, 5.74) is 1.12. The Morgan fingerprint density at radius 2 is 2.12 bits per heavy atom. The molecule has 0 bridgehead atoms. The predicted molar refractivity (Wildman–Crippen MR) is 102 cm³/mol. The number of rotatable bonds is 7. The molecule has 1 fully saturated rings. The number of morpholine rings is 1. The van der Waals surface area contributed by atoms with Gasteiger partial charge in [0.15, 0.2) is 5.96 Å². The molecule has 2 N–H and O–H groups in total. The van der Waals surface area contributed by atoms with E-state index in [-0.39, 0.29) is 0 Å². The van der Waals surface area contributed by atoms with Crippen LogP contribution < -0.4 is 15.5 Å². The maximum atomic E-state index is 5.44. The number of aliphatic imine (C=N–C) groups is 1. The summed E-state index contributed by atoms with van der Waals surface area (Å²) in [5, 5.41) is 6.64. The van der Waals surface area contributed by atoms with E-state index in [1.165, 1.54) is 0 Å². The lowest BCUT2D eigenvalue weighted by molar-refractivity contribution is 0.122. The Labute approximate surface area is 154 Å². The van der Waals surface area contributed by atoms with Crippen molar-refractivity contribution < 1.29 is 9.15 Å². The van der Waals surface area contributed by atoms with Crippen molar-refractivity contribution in [3.63, 3.8) is 0 Å². The number of furan rings is 1. The van der Waals surface area contributed by atoms with E-state index in [1.807, 2.05) is 24.4 Å². The van der Waals surface area contributed by atoms with Crippen LogP contribution in [0.4, 0.5) is 5.82 Å². The van der Waals surface area contributed by atoms with Crippen LogP contribution in [-0.2, 0) is 17.7 Å². The van der Waals surface area contributed by atoms with Crippen molar-refractivity contribution in [2.24, 2.45) is 4.99 Å². The summed E-state index contributed by atoms with van der Waals surface area (Å²) in [4.78, 5) is 11.6. The molecule has 2 aromatic heterocycles. The highest BCUT2D eigenvalue weighted by Crippen LogP contribution is 2.19. The number of nitrogens with one attached hydrogen (secondary N) is 2. The molecule has 2 aromatic rings. The number of aromatic nitrogens is 1. The van der Waals surface area contributed by atoms with Gasteiger partial charge in [0, 0.05) is 44.4 Å². The van der Waals surface area contributed by atoms with Gasteiger partial charge in [-0.15, -0.1) is 0 Å². The monoisotopic (exact) mass is 357 g/mol. The van der Waals surface area contributed by atoms with Crippen molar-refractivity contribution in [1.82, 2.24) is 15.6 Å². The minimum absolute atomic E-state index is 0.580. The molecule has 0 radical (unpaired) electrons. The molecule has 0 unspecified atom stereocenters. The lowest BCUT2D eigenvalue weighted by atomic mass is 10.2. The van der Waals surface area contributed by atoms with Crippen molar-refractivity contribution in [3.8, 4) is 0 Å². The summed E-state index contributed by atoms with van der Waals surface area (Å²) in [6.45, 7) is 7.46. The van der Waals surface area contributed by atoms with Crippen LogP contribution in [0, 0.1) is 0 Å². The highest BCUT2D eigenvalue weighted by molar-refractivity contribution is 5.79. The van der Waals surface area contributed by atoms with E-state index in [9.17, 15) is 0 Å². The molecule has 0 amide bonds. The zero-order valence-corrected chi connectivity index (χ0v) is 15.3. The van der Waals surface area contributed by atoms with Gasteiger partial charge < -0.3 is 24.7 Å². The molecule has 3 rings (SSSR count). The van der Waals surface area contributed by atoms with E-state index in [4.69, 9.17) is 14.1 Å². The largest absolute Gasteiger partial charge is 0.469 e. The fourth-order valence-corrected chi connectivity index (χ4v) is 2.88. The first-order valence-electron chi connectivity index (χ1n) is 9.18. The van der Waals surface area contributed by atoms with Crippen LogP contribution in [0.1, 0.15) is 18.2 Å². The van der Waals surface area contributed by atoms with Crippen LogP contribution in [0.3, 0.4) is 0 Å². The van der Waals surface area contributed by atoms with E-state index >= 15 is 0 Å². The topological polar surface area (TPSA) is 74.9 Å². The van der Waals surface area contributed by atoms with Gasteiger partial charge >= 0.3 is 0 Å². The van der Waals surface area contributed by atoms with Gasteiger partial charge in [-0.2, -0.15) is 0 Å². The quantitative estimate of drug-likeness (QED) is 0.581. The standard InChI is InChI=1S/C19H27N5O2/c1-2-20-19(22-9-7-17-6-4-12-26-17)23-15-16-5-3-8-21-18(16)24-10-13-25-14-11-24/h3-6,8,12H,2,7,9-11,13-15H2,1H3,(H2,20,22,23). The molecule has 7 heteroatoms. The first-order valence-corrected chi connectivity index (χ1v) is 9.18. The molecular formula is C19H27N5O2. The van der Waals surface area contributed by atoms with Crippen molar-refractivity contribution >= 4 is 11.8 Å². The predicted octanol–water partition coefficient (Wildman–Crippen LogP) is 1.81. The van der Waals surface area contributed by atoms with Crippen LogP contribution >= 0.6 is 0 Å². The molecule has 1 saturated heterocycles. The summed E-state index contributed by atoms with van der Waals surface area (Å²) in [6, 6.07) is 7.94. The van der Waals surface area contributed by atoms with Crippen LogP contribution in [0.15, 0.2) is 46.1 Å². The minimum atomic E-state index is 0.580. The molecule has 3 heterocycles. The Balaban J connectivity index is 1.61. The lowest BCUT2D eigenvalue weighted by Gasteiger charge is -2.29. The molecule has 0 atom stereocenters.